The third-order valence-corrected chi connectivity index (χ3v) is 5.92. The van der Waals surface area contributed by atoms with Gasteiger partial charge in [-0.25, -0.2) is 8.42 Å². The molecular weight excluding hydrogens is 427 g/mol. The highest BCUT2D eigenvalue weighted by atomic mass is 32.2. The number of halogens is 3. The maximum atomic E-state index is 13.6. The largest absolute Gasteiger partial charge is 0.497 e. The van der Waals surface area contributed by atoms with E-state index in [1.165, 1.54) is 30.0 Å². The minimum absolute atomic E-state index is 0.440. The van der Waals surface area contributed by atoms with Gasteiger partial charge in [-0.1, -0.05) is 12.1 Å². The second-order valence-corrected chi connectivity index (χ2v) is 8.02. The number of ether oxygens (including phenoxy) is 1. The molecule has 1 unspecified atom stereocenters. The smallest absolute Gasteiger partial charge is 0.406 e. The molecule has 12 heteroatoms. The lowest BCUT2D eigenvalue weighted by Gasteiger charge is -2.22. The van der Waals surface area contributed by atoms with Crippen molar-refractivity contribution in [2.24, 2.45) is 0 Å². The Bertz CT molecular complexity index is 1190. The quantitative estimate of drug-likeness (QED) is 0.445. The SMILES string of the molecule is COc1ccc2c(ccn2CC(NS(=O)(=O)c2ccccc2[N+](=O)[O-])C(F)(F)F)c1. The zero-order valence-electron chi connectivity index (χ0n) is 15.5. The molecule has 0 spiro atoms. The van der Waals surface area contributed by atoms with Crippen molar-refractivity contribution in [3.63, 3.8) is 0 Å². The first-order chi connectivity index (χ1) is 14.0. The molecule has 0 radical (unpaired) electrons. The highest BCUT2D eigenvalue weighted by Crippen LogP contribution is 2.29. The van der Waals surface area contributed by atoms with Gasteiger partial charge in [0.05, 0.1) is 12.0 Å². The molecule has 3 rings (SSSR count). The summed E-state index contributed by atoms with van der Waals surface area (Å²) in [6, 6.07) is 8.01. The van der Waals surface area contributed by atoms with E-state index in [0.717, 1.165) is 12.1 Å². The van der Waals surface area contributed by atoms with Crippen LogP contribution >= 0.6 is 0 Å². The molecule has 1 heterocycles. The number of sulfonamides is 1. The highest BCUT2D eigenvalue weighted by Gasteiger charge is 2.43. The van der Waals surface area contributed by atoms with Gasteiger partial charge in [-0.3, -0.25) is 10.1 Å². The van der Waals surface area contributed by atoms with Crippen LogP contribution in [0.15, 0.2) is 59.6 Å². The Morgan fingerprint density at radius 2 is 1.90 bits per heavy atom. The molecular formula is C18H16F3N3O5S. The molecule has 160 valence electrons. The monoisotopic (exact) mass is 443 g/mol. The number of nitro benzene ring substituents is 1. The predicted molar refractivity (Wildman–Crippen MR) is 102 cm³/mol. The standard InChI is InChI=1S/C18H16F3N3O5S/c1-29-13-6-7-14-12(10-13)8-9-23(14)11-17(18(19,20)21)22-30(27,28)16-5-3-2-4-15(16)24(25)26/h2-10,17,22H,11H2,1H3. The summed E-state index contributed by atoms with van der Waals surface area (Å²) in [5, 5.41) is 11.7. The number of nitro groups is 1. The van der Waals surface area contributed by atoms with Gasteiger partial charge in [0, 0.05) is 29.7 Å². The number of alkyl halides is 3. The summed E-state index contributed by atoms with van der Waals surface area (Å²) in [5.74, 6) is 0.518. The molecule has 0 fully saturated rings. The van der Waals surface area contributed by atoms with Crippen molar-refractivity contribution in [1.29, 1.82) is 0 Å². The number of benzene rings is 2. The van der Waals surface area contributed by atoms with Crippen LogP contribution in [0.25, 0.3) is 10.9 Å². The van der Waals surface area contributed by atoms with Gasteiger partial charge >= 0.3 is 6.18 Å². The van der Waals surface area contributed by atoms with Crippen LogP contribution in [0.4, 0.5) is 18.9 Å². The van der Waals surface area contributed by atoms with E-state index in [0.29, 0.717) is 16.7 Å². The van der Waals surface area contributed by atoms with Gasteiger partial charge in [-0.05, 0) is 30.3 Å². The maximum absolute atomic E-state index is 13.6. The average molecular weight is 443 g/mol. The Hall–Kier alpha value is -3.12. The Balaban J connectivity index is 1.96. The highest BCUT2D eigenvalue weighted by molar-refractivity contribution is 7.89. The maximum Gasteiger partial charge on any atom is 0.406 e. The summed E-state index contributed by atoms with van der Waals surface area (Å²) in [4.78, 5) is 9.27. The van der Waals surface area contributed by atoms with Crippen LogP contribution in [-0.2, 0) is 16.6 Å². The molecule has 0 bridgehead atoms. The first kappa shape index (κ1) is 21.6. The van der Waals surface area contributed by atoms with Crippen LogP contribution in [0.5, 0.6) is 5.75 Å². The first-order valence-electron chi connectivity index (χ1n) is 8.48. The molecule has 1 atom stereocenters. The first-order valence-corrected chi connectivity index (χ1v) is 9.96. The van der Waals surface area contributed by atoms with Crippen LogP contribution in [0.3, 0.4) is 0 Å². The molecule has 0 aliphatic rings. The van der Waals surface area contributed by atoms with Crippen molar-refractivity contribution in [3.05, 3.63) is 64.8 Å². The Kier molecular flexibility index (Phi) is 5.72. The van der Waals surface area contributed by atoms with Gasteiger partial charge in [-0.15, -0.1) is 0 Å². The zero-order chi connectivity index (χ0) is 22.1. The molecule has 0 aliphatic carbocycles. The summed E-state index contributed by atoms with van der Waals surface area (Å²) in [6.07, 6.45) is -3.55. The molecule has 0 saturated carbocycles. The third kappa shape index (κ3) is 4.39. The number of methoxy groups -OCH3 is 1. The summed E-state index contributed by atoms with van der Waals surface area (Å²) in [6.45, 7) is -0.765. The summed E-state index contributed by atoms with van der Waals surface area (Å²) >= 11 is 0. The van der Waals surface area contributed by atoms with Crippen molar-refractivity contribution >= 4 is 26.6 Å². The van der Waals surface area contributed by atoms with Gasteiger partial charge < -0.3 is 9.30 Å². The molecule has 1 N–H and O–H groups in total. The number of rotatable bonds is 7. The van der Waals surface area contributed by atoms with E-state index >= 15 is 0 Å². The topological polar surface area (TPSA) is 103 Å². The predicted octanol–water partition coefficient (Wildman–Crippen LogP) is 3.47. The number of nitrogens with one attached hydrogen (secondary N) is 1. The average Bonchev–Trinajstić information content (AvgIpc) is 3.08. The van der Waals surface area contributed by atoms with Crippen molar-refractivity contribution in [2.75, 3.05) is 7.11 Å². The third-order valence-electron chi connectivity index (χ3n) is 4.40. The molecule has 8 nitrogen and oxygen atoms in total. The summed E-state index contributed by atoms with van der Waals surface area (Å²) in [7, 11) is -3.38. The van der Waals surface area contributed by atoms with Gasteiger partial charge in [0.25, 0.3) is 5.69 Å². The van der Waals surface area contributed by atoms with E-state index in [-0.39, 0.29) is 0 Å². The Morgan fingerprint density at radius 3 is 2.53 bits per heavy atom. The van der Waals surface area contributed by atoms with Crippen molar-refractivity contribution < 1.29 is 31.2 Å². The molecule has 0 amide bonds. The summed E-state index contributed by atoms with van der Waals surface area (Å²) in [5.41, 5.74) is -0.376. The molecule has 0 aliphatic heterocycles. The number of aromatic nitrogens is 1. The van der Waals surface area contributed by atoms with E-state index in [9.17, 15) is 31.7 Å². The van der Waals surface area contributed by atoms with Crippen LogP contribution < -0.4 is 9.46 Å². The normalized spacial score (nSPS) is 13.3. The van der Waals surface area contributed by atoms with E-state index in [4.69, 9.17) is 4.74 Å². The van der Waals surface area contributed by atoms with E-state index in [2.05, 4.69) is 0 Å². The van der Waals surface area contributed by atoms with Gasteiger partial charge in [0.15, 0.2) is 4.90 Å². The minimum atomic E-state index is -4.94. The van der Waals surface area contributed by atoms with Crippen LogP contribution in [0.1, 0.15) is 0 Å². The molecule has 2 aromatic carbocycles. The Morgan fingerprint density at radius 1 is 1.20 bits per heavy atom. The lowest BCUT2D eigenvalue weighted by molar-refractivity contribution is -0.387. The number of nitrogens with zero attached hydrogens (tertiary/aromatic N) is 2. The van der Waals surface area contributed by atoms with Gasteiger partial charge in [-0.2, -0.15) is 17.9 Å². The fraction of sp³-hybridized carbons (Fsp3) is 0.222. The van der Waals surface area contributed by atoms with E-state index in [1.807, 2.05) is 0 Å². The lowest BCUT2D eigenvalue weighted by atomic mass is 10.2. The van der Waals surface area contributed by atoms with E-state index in [1.54, 1.807) is 29.0 Å². The van der Waals surface area contributed by atoms with Gasteiger partial charge in [0.1, 0.15) is 11.8 Å². The molecule has 0 saturated heterocycles. The fourth-order valence-corrected chi connectivity index (χ4v) is 4.34. The van der Waals surface area contributed by atoms with Crippen molar-refractivity contribution in [2.45, 2.75) is 23.7 Å². The summed E-state index contributed by atoms with van der Waals surface area (Å²) < 4.78 is 73.9. The number of fused-ring (bicyclic) bond motifs is 1. The second-order valence-electron chi connectivity index (χ2n) is 6.33. The number of hydrogen-bond donors (Lipinski definition) is 1. The molecule has 3 aromatic rings. The molecule has 1 aromatic heterocycles. The lowest BCUT2D eigenvalue weighted by Crippen LogP contribution is -2.47. The van der Waals surface area contributed by atoms with E-state index < -0.39 is 44.3 Å². The fourth-order valence-electron chi connectivity index (χ4n) is 2.95. The second kappa shape index (κ2) is 7.95. The van der Waals surface area contributed by atoms with Crippen LogP contribution in [0.2, 0.25) is 0 Å². The minimum Gasteiger partial charge on any atom is -0.497 e. The van der Waals surface area contributed by atoms with Crippen LogP contribution in [0, 0.1) is 10.1 Å². The zero-order valence-corrected chi connectivity index (χ0v) is 16.3. The number of para-hydroxylation sites is 1. The number of hydrogen-bond acceptors (Lipinski definition) is 5. The Labute approximate surface area is 169 Å². The van der Waals surface area contributed by atoms with Crippen LogP contribution in [-0.4, -0.2) is 37.2 Å². The van der Waals surface area contributed by atoms with Crippen molar-refractivity contribution in [3.8, 4) is 5.75 Å². The molecule has 30 heavy (non-hydrogen) atoms. The van der Waals surface area contributed by atoms with Gasteiger partial charge in [0.2, 0.25) is 10.0 Å². The van der Waals surface area contributed by atoms with Crippen molar-refractivity contribution in [1.82, 2.24) is 9.29 Å².